The van der Waals surface area contributed by atoms with Gasteiger partial charge in [0.2, 0.25) is 5.91 Å². The Hall–Kier alpha value is -0.540. The van der Waals surface area contributed by atoms with Crippen molar-refractivity contribution in [1.82, 2.24) is 5.32 Å². The fourth-order valence-corrected chi connectivity index (χ4v) is 1.07. The average molecular weight is 222 g/mol. The molecule has 4 heteroatoms. The number of halogens is 1. The molecule has 0 heterocycles. The van der Waals surface area contributed by atoms with E-state index >= 15 is 0 Å². The molecule has 14 heavy (non-hydrogen) atoms. The number of amides is 1. The molecule has 1 amide bonds. The zero-order valence-corrected chi connectivity index (χ0v) is 10.6. The van der Waals surface area contributed by atoms with Crippen molar-refractivity contribution in [2.24, 2.45) is 0 Å². The summed E-state index contributed by atoms with van der Waals surface area (Å²) in [6, 6.07) is 0. The van der Waals surface area contributed by atoms with E-state index in [0.29, 0.717) is 0 Å². The molecule has 0 aromatic rings. The molecule has 0 saturated carbocycles. The summed E-state index contributed by atoms with van der Waals surface area (Å²) in [5, 5.41) is 2.87. The fourth-order valence-electron chi connectivity index (χ4n) is 1.07. The van der Waals surface area contributed by atoms with Crippen LogP contribution in [0.15, 0.2) is 12.7 Å². The summed E-state index contributed by atoms with van der Waals surface area (Å²) >= 11 is 4.64. The van der Waals surface area contributed by atoms with Crippen molar-refractivity contribution in [3.63, 3.8) is 0 Å². The molecule has 0 rings (SSSR count). The zero-order valence-electron chi connectivity index (χ0n) is 9.80. The Bertz CT molecular complexity index is 175. The minimum atomic E-state index is -0.102. The molecule has 0 aromatic heterocycles. The lowest BCUT2D eigenvalue weighted by Gasteiger charge is -2.33. The van der Waals surface area contributed by atoms with Crippen LogP contribution in [-0.2, 0) is 4.79 Å². The van der Waals surface area contributed by atoms with Crippen LogP contribution in [0.2, 0.25) is 0 Å². The predicted molar refractivity (Wildman–Crippen MR) is 62.2 cm³/mol. The highest BCUT2D eigenvalue weighted by Gasteiger charge is 2.22. The summed E-state index contributed by atoms with van der Waals surface area (Å²) in [6.45, 7) is 5.46. The first kappa shape index (κ1) is 15.9. The van der Waals surface area contributed by atoms with Gasteiger partial charge in [-0.3, -0.25) is 4.79 Å². The third-order valence-corrected chi connectivity index (χ3v) is 1.82. The standard InChI is InChI=1S/C9H18N2O.CH3Cl/c1-6-8(11(3,4)5)10-9(12)7-2;1-2/h7-8H,2,6H2,1,3-5H3;1H3/p+1. The van der Waals surface area contributed by atoms with Crippen molar-refractivity contribution in [2.75, 3.05) is 27.5 Å². The number of carbonyl (C=O) groups excluding carboxylic acids is 1. The molecule has 0 aliphatic heterocycles. The number of alkyl halides is 1. The lowest BCUT2D eigenvalue weighted by Crippen LogP contribution is -2.54. The largest absolute Gasteiger partial charge is 0.311 e. The van der Waals surface area contributed by atoms with Gasteiger partial charge >= 0.3 is 0 Å². The molecule has 0 spiro atoms. The number of hydrogen-bond acceptors (Lipinski definition) is 1. The number of rotatable bonds is 4. The molecule has 1 unspecified atom stereocenters. The highest BCUT2D eigenvalue weighted by atomic mass is 35.5. The van der Waals surface area contributed by atoms with Crippen LogP contribution in [0.4, 0.5) is 0 Å². The Kier molecular flexibility index (Phi) is 8.89. The average Bonchev–Trinajstić information content (AvgIpc) is 2.15. The van der Waals surface area contributed by atoms with Crippen LogP contribution in [0.25, 0.3) is 0 Å². The Balaban J connectivity index is 0. The van der Waals surface area contributed by atoms with Crippen molar-refractivity contribution in [3.8, 4) is 0 Å². The molecule has 0 fully saturated rings. The van der Waals surface area contributed by atoms with Gasteiger partial charge in [-0.2, -0.15) is 0 Å². The summed E-state index contributed by atoms with van der Waals surface area (Å²) in [5.74, 6) is -0.102. The maximum Gasteiger partial charge on any atom is 0.247 e. The monoisotopic (exact) mass is 221 g/mol. The second-order valence-corrected chi connectivity index (χ2v) is 3.75. The summed E-state index contributed by atoms with van der Waals surface area (Å²) in [5.41, 5.74) is 0. The molecule has 1 atom stereocenters. The van der Waals surface area contributed by atoms with E-state index in [9.17, 15) is 4.79 Å². The van der Waals surface area contributed by atoms with Crippen molar-refractivity contribution in [1.29, 1.82) is 0 Å². The minimum absolute atomic E-state index is 0.102. The van der Waals surface area contributed by atoms with Gasteiger partial charge in [-0.1, -0.05) is 13.5 Å². The second-order valence-electron chi connectivity index (χ2n) is 3.75. The van der Waals surface area contributed by atoms with Crippen LogP contribution in [0.1, 0.15) is 13.3 Å². The van der Waals surface area contributed by atoms with E-state index in [4.69, 9.17) is 0 Å². The summed E-state index contributed by atoms with van der Waals surface area (Å²) in [7, 11) is 6.16. The molecule has 0 radical (unpaired) electrons. The predicted octanol–water partition coefficient (Wildman–Crippen LogP) is 1.59. The molecule has 1 N–H and O–H groups in total. The third-order valence-electron chi connectivity index (χ3n) is 1.82. The van der Waals surface area contributed by atoms with E-state index in [-0.39, 0.29) is 12.1 Å². The van der Waals surface area contributed by atoms with Gasteiger partial charge in [0.15, 0.2) is 6.17 Å². The number of hydrogen-bond donors (Lipinski definition) is 1. The Morgan fingerprint density at radius 2 is 1.93 bits per heavy atom. The Labute approximate surface area is 92.3 Å². The summed E-state index contributed by atoms with van der Waals surface area (Å²) < 4.78 is 0.732. The van der Waals surface area contributed by atoms with Crippen molar-refractivity contribution in [2.45, 2.75) is 19.5 Å². The van der Waals surface area contributed by atoms with Crippen LogP contribution in [0.5, 0.6) is 0 Å². The molecule has 0 aliphatic rings. The van der Waals surface area contributed by atoms with Gasteiger partial charge in [-0.15, -0.1) is 11.6 Å². The van der Waals surface area contributed by atoms with Crippen LogP contribution in [-0.4, -0.2) is 44.1 Å². The van der Waals surface area contributed by atoms with E-state index in [1.54, 1.807) is 0 Å². The van der Waals surface area contributed by atoms with Gasteiger partial charge in [0.25, 0.3) is 0 Å². The zero-order chi connectivity index (χ0) is 11.8. The maximum atomic E-state index is 11.0. The molecule has 84 valence electrons. The van der Waals surface area contributed by atoms with Gasteiger partial charge in [-0.05, 0) is 6.08 Å². The van der Waals surface area contributed by atoms with E-state index in [2.05, 4.69) is 51.6 Å². The van der Waals surface area contributed by atoms with Crippen molar-refractivity contribution >= 4 is 17.5 Å². The van der Waals surface area contributed by atoms with Gasteiger partial charge in [0.05, 0.1) is 21.1 Å². The third kappa shape index (κ3) is 6.92. The molecule has 0 aliphatic carbocycles. The van der Waals surface area contributed by atoms with Crippen LogP contribution in [0.3, 0.4) is 0 Å². The Morgan fingerprint density at radius 1 is 1.50 bits per heavy atom. The van der Waals surface area contributed by atoms with E-state index in [1.807, 2.05) is 0 Å². The molecular weight excluding hydrogens is 200 g/mol. The molecule has 3 nitrogen and oxygen atoms in total. The van der Waals surface area contributed by atoms with Crippen LogP contribution >= 0.6 is 11.6 Å². The maximum absolute atomic E-state index is 11.0. The number of carbonyl (C=O) groups is 1. The lowest BCUT2D eigenvalue weighted by atomic mass is 10.3. The first-order valence-electron chi connectivity index (χ1n) is 4.53. The van der Waals surface area contributed by atoms with Crippen LogP contribution < -0.4 is 5.32 Å². The summed E-state index contributed by atoms with van der Waals surface area (Å²) in [4.78, 5) is 11.0. The SMILES string of the molecule is C=CC(=O)NC(CC)[N+](C)(C)C.CCl. The van der Waals surface area contributed by atoms with E-state index in [0.717, 1.165) is 10.9 Å². The second kappa shape index (κ2) is 7.83. The van der Waals surface area contributed by atoms with Gasteiger partial charge in [0.1, 0.15) is 0 Å². The highest BCUT2D eigenvalue weighted by Crippen LogP contribution is 2.03. The molecule has 0 bridgehead atoms. The van der Waals surface area contributed by atoms with E-state index in [1.165, 1.54) is 12.5 Å². The topological polar surface area (TPSA) is 29.1 Å². The fraction of sp³-hybridized carbons (Fsp3) is 0.700. The normalized spacial score (nSPS) is 12.1. The van der Waals surface area contributed by atoms with Crippen LogP contribution in [0, 0.1) is 0 Å². The molecular formula is C10H22ClN2O+. The van der Waals surface area contributed by atoms with Gasteiger partial charge in [-0.25, -0.2) is 0 Å². The highest BCUT2D eigenvalue weighted by molar-refractivity contribution is 6.15. The van der Waals surface area contributed by atoms with Crippen molar-refractivity contribution in [3.05, 3.63) is 12.7 Å². The van der Waals surface area contributed by atoms with E-state index < -0.39 is 0 Å². The number of nitrogens with zero attached hydrogens (tertiary/aromatic N) is 1. The van der Waals surface area contributed by atoms with Gasteiger partial charge in [0, 0.05) is 12.8 Å². The quantitative estimate of drug-likeness (QED) is 0.332. The summed E-state index contributed by atoms with van der Waals surface area (Å²) in [6.07, 6.45) is 3.86. The minimum Gasteiger partial charge on any atom is -0.311 e. The number of nitrogens with one attached hydrogen (secondary N) is 1. The van der Waals surface area contributed by atoms with Crippen molar-refractivity contribution < 1.29 is 9.28 Å². The first-order chi connectivity index (χ1) is 6.41. The smallest absolute Gasteiger partial charge is 0.247 e. The number of quaternary nitrogens is 1. The van der Waals surface area contributed by atoms with Gasteiger partial charge < -0.3 is 9.80 Å². The Morgan fingerprint density at radius 3 is 2.14 bits per heavy atom. The lowest BCUT2D eigenvalue weighted by molar-refractivity contribution is -0.898. The molecule has 0 aromatic carbocycles. The molecule has 0 saturated heterocycles. The first-order valence-corrected chi connectivity index (χ1v) is 5.29.